The molecule has 1 aromatic carbocycles. The van der Waals surface area contributed by atoms with Crippen LogP contribution in [0.15, 0.2) is 18.2 Å². The zero-order valence-electron chi connectivity index (χ0n) is 7.07. The number of aliphatic hydroxyl groups excluding tert-OH is 1. The molecule has 0 amide bonds. The van der Waals surface area contributed by atoms with Crippen LogP contribution >= 0.6 is 0 Å². The molecule has 0 radical (unpaired) electrons. The molecule has 4 heteroatoms. The summed E-state index contributed by atoms with van der Waals surface area (Å²) in [6.07, 6.45) is 0.394. The van der Waals surface area contributed by atoms with E-state index < -0.39 is 11.6 Å². The number of nitrogens with two attached hydrogens (primary N) is 1. The number of aromatic hydroxyl groups is 1. The first-order chi connectivity index (χ1) is 6.15. The van der Waals surface area contributed by atoms with Gasteiger partial charge in [-0.25, -0.2) is 4.39 Å². The molecule has 0 aromatic heterocycles. The first-order valence-electron chi connectivity index (χ1n) is 4.00. The number of phenolic OH excluding ortho intramolecular Hbond substituents is 1. The van der Waals surface area contributed by atoms with Gasteiger partial charge < -0.3 is 15.9 Å². The van der Waals surface area contributed by atoms with E-state index >= 15 is 0 Å². The van der Waals surface area contributed by atoms with Crippen LogP contribution in [0.1, 0.15) is 18.0 Å². The van der Waals surface area contributed by atoms with Crippen LogP contribution in [0.5, 0.6) is 5.75 Å². The smallest absolute Gasteiger partial charge is 0.164 e. The van der Waals surface area contributed by atoms with Gasteiger partial charge in [-0.1, -0.05) is 6.07 Å². The van der Waals surface area contributed by atoms with Gasteiger partial charge in [-0.2, -0.15) is 0 Å². The molecule has 0 aliphatic rings. The first kappa shape index (κ1) is 9.95. The van der Waals surface area contributed by atoms with Crippen molar-refractivity contribution in [2.24, 2.45) is 5.73 Å². The largest absolute Gasteiger partial charge is 0.505 e. The molecule has 0 aliphatic carbocycles. The highest BCUT2D eigenvalue weighted by Gasteiger charge is 2.07. The Bertz CT molecular complexity index is 291. The Kier molecular flexibility index (Phi) is 3.22. The van der Waals surface area contributed by atoms with Crippen molar-refractivity contribution in [1.29, 1.82) is 0 Å². The topological polar surface area (TPSA) is 66.5 Å². The number of benzene rings is 1. The molecule has 0 heterocycles. The molecule has 0 bridgehead atoms. The van der Waals surface area contributed by atoms with E-state index in [0.29, 0.717) is 12.0 Å². The highest BCUT2D eigenvalue weighted by Crippen LogP contribution is 2.21. The van der Waals surface area contributed by atoms with Crippen LogP contribution in [0.2, 0.25) is 0 Å². The van der Waals surface area contributed by atoms with Crippen LogP contribution in [0.4, 0.5) is 4.39 Å². The number of phenols is 1. The minimum absolute atomic E-state index is 0.0285. The van der Waals surface area contributed by atoms with Crippen molar-refractivity contribution in [3.05, 3.63) is 29.6 Å². The van der Waals surface area contributed by atoms with Crippen LogP contribution in [0.3, 0.4) is 0 Å². The van der Waals surface area contributed by atoms with Crippen LogP contribution < -0.4 is 5.73 Å². The maximum Gasteiger partial charge on any atom is 0.164 e. The molecule has 0 spiro atoms. The van der Waals surface area contributed by atoms with E-state index in [2.05, 4.69) is 0 Å². The van der Waals surface area contributed by atoms with Gasteiger partial charge in [0, 0.05) is 12.6 Å². The van der Waals surface area contributed by atoms with Gasteiger partial charge in [0.05, 0.1) is 0 Å². The highest BCUT2D eigenvalue weighted by molar-refractivity contribution is 5.30. The Morgan fingerprint density at radius 1 is 1.46 bits per heavy atom. The van der Waals surface area contributed by atoms with Crippen LogP contribution in [-0.4, -0.2) is 16.8 Å². The Balaban J connectivity index is 2.84. The van der Waals surface area contributed by atoms with Crippen LogP contribution in [-0.2, 0) is 0 Å². The highest BCUT2D eigenvalue weighted by atomic mass is 19.1. The Hall–Kier alpha value is -1.13. The molecule has 3 nitrogen and oxygen atoms in total. The van der Waals surface area contributed by atoms with Gasteiger partial charge >= 0.3 is 0 Å². The van der Waals surface area contributed by atoms with Gasteiger partial charge in [-0.15, -0.1) is 0 Å². The van der Waals surface area contributed by atoms with Crippen molar-refractivity contribution in [3.8, 4) is 5.75 Å². The van der Waals surface area contributed by atoms with E-state index in [0.717, 1.165) is 6.07 Å². The van der Waals surface area contributed by atoms with Crippen molar-refractivity contribution in [3.63, 3.8) is 0 Å². The Morgan fingerprint density at radius 2 is 2.15 bits per heavy atom. The fourth-order valence-corrected chi connectivity index (χ4v) is 1.07. The lowest BCUT2D eigenvalue weighted by Gasteiger charge is -2.10. The van der Waals surface area contributed by atoms with Gasteiger partial charge in [0.1, 0.15) is 0 Å². The van der Waals surface area contributed by atoms with Crippen molar-refractivity contribution in [1.82, 2.24) is 0 Å². The second-order valence-electron chi connectivity index (χ2n) is 2.83. The molecule has 13 heavy (non-hydrogen) atoms. The number of hydrogen-bond donors (Lipinski definition) is 3. The molecule has 1 rings (SSSR count). The van der Waals surface area contributed by atoms with Crippen molar-refractivity contribution < 1.29 is 14.6 Å². The van der Waals surface area contributed by atoms with E-state index in [9.17, 15) is 4.39 Å². The summed E-state index contributed by atoms with van der Waals surface area (Å²) in [6, 6.07) is 3.56. The molecule has 1 unspecified atom stereocenters. The lowest BCUT2D eigenvalue weighted by Crippen LogP contribution is -2.11. The monoisotopic (exact) mass is 185 g/mol. The predicted molar refractivity (Wildman–Crippen MR) is 46.7 cm³/mol. The summed E-state index contributed by atoms with van der Waals surface area (Å²) in [5.41, 5.74) is 6.25. The summed E-state index contributed by atoms with van der Waals surface area (Å²) in [6.45, 7) is -0.0285. The molecular weight excluding hydrogens is 173 g/mol. The molecule has 1 aromatic rings. The summed E-state index contributed by atoms with van der Waals surface area (Å²) in [5, 5.41) is 17.6. The molecule has 0 saturated heterocycles. The zero-order valence-corrected chi connectivity index (χ0v) is 7.07. The lowest BCUT2D eigenvalue weighted by molar-refractivity contribution is 0.276. The second kappa shape index (κ2) is 4.20. The van der Waals surface area contributed by atoms with E-state index in [4.69, 9.17) is 15.9 Å². The number of halogens is 1. The quantitative estimate of drug-likeness (QED) is 0.655. The molecule has 72 valence electrons. The summed E-state index contributed by atoms with van der Waals surface area (Å²) in [4.78, 5) is 0. The minimum atomic E-state index is -0.667. The third kappa shape index (κ3) is 2.40. The first-order valence-corrected chi connectivity index (χ1v) is 4.00. The molecule has 4 N–H and O–H groups in total. The van der Waals surface area contributed by atoms with E-state index in [-0.39, 0.29) is 12.6 Å². The second-order valence-corrected chi connectivity index (χ2v) is 2.83. The summed E-state index contributed by atoms with van der Waals surface area (Å²) in [5.74, 6) is -1.08. The van der Waals surface area contributed by atoms with Crippen LogP contribution in [0, 0.1) is 5.82 Å². The predicted octanol–water partition coefficient (Wildman–Crippen LogP) is 0.913. The summed E-state index contributed by atoms with van der Waals surface area (Å²) in [7, 11) is 0. The van der Waals surface area contributed by atoms with Crippen molar-refractivity contribution in [2.45, 2.75) is 12.5 Å². The average molecular weight is 185 g/mol. The fraction of sp³-hybridized carbons (Fsp3) is 0.333. The van der Waals surface area contributed by atoms with Gasteiger partial charge in [-0.3, -0.25) is 0 Å². The fourth-order valence-electron chi connectivity index (χ4n) is 1.07. The number of hydrogen-bond acceptors (Lipinski definition) is 3. The van der Waals surface area contributed by atoms with Crippen LogP contribution in [0.25, 0.3) is 0 Å². The third-order valence-corrected chi connectivity index (χ3v) is 1.84. The molecule has 0 saturated carbocycles. The van der Waals surface area contributed by atoms with Crippen molar-refractivity contribution >= 4 is 0 Å². The van der Waals surface area contributed by atoms with Gasteiger partial charge in [0.25, 0.3) is 0 Å². The maximum absolute atomic E-state index is 12.6. The summed E-state index contributed by atoms with van der Waals surface area (Å²) >= 11 is 0. The Labute approximate surface area is 75.6 Å². The van der Waals surface area contributed by atoms with Gasteiger partial charge in [0.2, 0.25) is 0 Å². The molecular formula is C9H12FNO2. The molecule has 0 fully saturated rings. The van der Waals surface area contributed by atoms with E-state index in [1.165, 1.54) is 12.1 Å². The van der Waals surface area contributed by atoms with Crippen molar-refractivity contribution in [2.75, 3.05) is 6.61 Å². The number of aliphatic hydroxyl groups is 1. The maximum atomic E-state index is 12.6. The van der Waals surface area contributed by atoms with Gasteiger partial charge in [0.15, 0.2) is 11.6 Å². The SMILES string of the molecule is NC(CCO)c1ccc(F)c(O)c1. The average Bonchev–Trinajstić information content (AvgIpc) is 2.10. The molecule has 0 aliphatic heterocycles. The number of rotatable bonds is 3. The standard InChI is InChI=1S/C9H12FNO2/c10-7-2-1-6(5-9(7)13)8(11)3-4-12/h1-2,5,8,12-13H,3-4,11H2. The Morgan fingerprint density at radius 3 is 2.69 bits per heavy atom. The normalized spacial score (nSPS) is 12.8. The zero-order chi connectivity index (χ0) is 9.84. The van der Waals surface area contributed by atoms with E-state index in [1.54, 1.807) is 0 Å². The lowest BCUT2D eigenvalue weighted by atomic mass is 10.0. The van der Waals surface area contributed by atoms with Gasteiger partial charge in [-0.05, 0) is 24.1 Å². The van der Waals surface area contributed by atoms with E-state index in [1.807, 2.05) is 0 Å². The minimum Gasteiger partial charge on any atom is -0.505 e. The summed E-state index contributed by atoms with van der Waals surface area (Å²) < 4.78 is 12.6. The third-order valence-electron chi connectivity index (χ3n) is 1.84. The molecule has 1 atom stereocenters.